The number of halogens is 1. The highest BCUT2D eigenvalue weighted by molar-refractivity contribution is 9.10. The molecule has 0 aliphatic rings. The average Bonchev–Trinajstić information content (AvgIpc) is 2.94. The molecule has 0 aliphatic carbocycles. The maximum absolute atomic E-state index is 12.2. The lowest BCUT2D eigenvalue weighted by Gasteiger charge is -2.02. The van der Waals surface area contributed by atoms with Crippen LogP contribution in [0.2, 0.25) is 0 Å². The van der Waals surface area contributed by atoms with Gasteiger partial charge in [-0.05, 0) is 52.3 Å². The van der Waals surface area contributed by atoms with Crippen molar-refractivity contribution in [3.63, 3.8) is 0 Å². The summed E-state index contributed by atoms with van der Waals surface area (Å²) >= 11 is 3.39. The van der Waals surface area contributed by atoms with Gasteiger partial charge >= 0.3 is 0 Å². The molecule has 1 heterocycles. The van der Waals surface area contributed by atoms with Gasteiger partial charge in [0.2, 0.25) is 0 Å². The Hall–Kier alpha value is -2.58. The van der Waals surface area contributed by atoms with Crippen molar-refractivity contribution in [2.45, 2.75) is 0 Å². The van der Waals surface area contributed by atoms with Crippen LogP contribution in [0.25, 0.3) is 11.0 Å². The largest absolute Gasteiger partial charge is 0.450 e. The van der Waals surface area contributed by atoms with Gasteiger partial charge in [0.05, 0.1) is 16.1 Å². The van der Waals surface area contributed by atoms with E-state index in [1.54, 1.807) is 30.3 Å². The number of nitriles is 1. The normalized spacial score (nSPS) is 10.3. The Bertz CT molecular complexity index is 860. The fourth-order valence-electron chi connectivity index (χ4n) is 1.96. The molecule has 1 aromatic heterocycles. The van der Waals surface area contributed by atoms with E-state index >= 15 is 0 Å². The number of benzene rings is 2. The Labute approximate surface area is 129 Å². The maximum atomic E-state index is 12.2. The number of amides is 1. The van der Waals surface area contributed by atoms with Gasteiger partial charge in [-0.25, -0.2) is 0 Å². The number of fused-ring (bicyclic) bond motifs is 1. The lowest BCUT2D eigenvalue weighted by molar-refractivity contribution is 0.0998. The highest BCUT2D eigenvalue weighted by Gasteiger charge is 2.13. The number of rotatable bonds is 2. The van der Waals surface area contributed by atoms with Crippen LogP contribution in [0.3, 0.4) is 0 Å². The zero-order chi connectivity index (χ0) is 14.8. The van der Waals surface area contributed by atoms with Gasteiger partial charge in [0, 0.05) is 11.1 Å². The molecule has 5 heteroatoms. The molecular weight excluding hydrogens is 332 g/mol. The monoisotopic (exact) mass is 340 g/mol. The first kappa shape index (κ1) is 13.4. The Kier molecular flexibility index (Phi) is 3.46. The summed E-state index contributed by atoms with van der Waals surface area (Å²) in [6, 6.07) is 16.0. The van der Waals surface area contributed by atoms with Crippen LogP contribution in [0.1, 0.15) is 16.1 Å². The molecule has 0 unspecified atom stereocenters. The number of nitrogens with zero attached hydrogens (tertiary/aromatic N) is 1. The first-order valence-electron chi connectivity index (χ1n) is 6.17. The van der Waals surface area contributed by atoms with E-state index in [1.165, 1.54) is 0 Å². The Balaban J connectivity index is 1.86. The molecule has 21 heavy (non-hydrogen) atoms. The second kappa shape index (κ2) is 5.43. The van der Waals surface area contributed by atoms with Gasteiger partial charge in [0.15, 0.2) is 5.76 Å². The van der Waals surface area contributed by atoms with Crippen LogP contribution < -0.4 is 5.32 Å². The Morgan fingerprint density at radius 2 is 1.95 bits per heavy atom. The molecule has 0 bridgehead atoms. The minimum absolute atomic E-state index is 0.237. The topological polar surface area (TPSA) is 66.0 Å². The molecule has 3 aromatic rings. The summed E-state index contributed by atoms with van der Waals surface area (Å²) in [6.45, 7) is 0. The molecule has 3 rings (SSSR count). The number of anilines is 1. The summed E-state index contributed by atoms with van der Waals surface area (Å²) in [5.41, 5.74) is 1.79. The standard InChI is InChI=1S/C16H9BrN2O2/c17-13-3-1-2-11-8-14(21-15(11)13)16(20)19-12-6-4-10(9-18)5-7-12/h1-8H,(H,19,20). The van der Waals surface area contributed by atoms with Crippen molar-refractivity contribution in [3.05, 3.63) is 64.3 Å². The van der Waals surface area contributed by atoms with Gasteiger partial charge in [0.1, 0.15) is 5.58 Å². The number of furan rings is 1. The van der Waals surface area contributed by atoms with Crippen LogP contribution in [0, 0.1) is 11.3 Å². The van der Waals surface area contributed by atoms with Crippen LogP contribution in [0.15, 0.2) is 57.4 Å². The molecule has 1 N–H and O–H groups in total. The molecule has 102 valence electrons. The maximum Gasteiger partial charge on any atom is 0.291 e. The summed E-state index contributed by atoms with van der Waals surface area (Å²) in [5, 5.41) is 12.3. The fraction of sp³-hybridized carbons (Fsp3) is 0. The molecule has 0 atom stereocenters. The number of hydrogen-bond donors (Lipinski definition) is 1. The van der Waals surface area contributed by atoms with Crippen molar-refractivity contribution in [1.82, 2.24) is 0 Å². The van der Waals surface area contributed by atoms with E-state index in [9.17, 15) is 4.79 Å². The summed E-state index contributed by atoms with van der Waals surface area (Å²) in [6.07, 6.45) is 0. The molecule has 0 radical (unpaired) electrons. The summed E-state index contributed by atoms with van der Waals surface area (Å²) in [4.78, 5) is 12.2. The molecule has 0 saturated heterocycles. The molecule has 0 aliphatic heterocycles. The molecule has 0 saturated carbocycles. The Morgan fingerprint density at radius 1 is 1.19 bits per heavy atom. The van der Waals surface area contributed by atoms with Crippen molar-refractivity contribution in [3.8, 4) is 6.07 Å². The lowest BCUT2D eigenvalue weighted by atomic mass is 10.2. The van der Waals surface area contributed by atoms with E-state index in [1.807, 2.05) is 24.3 Å². The van der Waals surface area contributed by atoms with Crippen molar-refractivity contribution in [2.24, 2.45) is 0 Å². The van der Waals surface area contributed by atoms with E-state index in [2.05, 4.69) is 21.2 Å². The van der Waals surface area contributed by atoms with Crippen LogP contribution in [0.4, 0.5) is 5.69 Å². The second-order valence-corrected chi connectivity index (χ2v) is 5.27. The van der Waals surface area contributed by atoms with Crippen LogP contribution in [-0.4, -0.2) is 5.91 Å². The summed E-state index contributed by atoms with van der Waals surface area (Å²) in [7, 11) is 0. The highest BCUT2D eigenvalue weighted by Crippen LogP contribution is 2.27. The lowest BCUT2D eigenvalue weighted by Crippen LogP contribution is -2.10. The minimum Gasteiger partial charge on any atom is -0.450 e. The molecule has 0 fully saturated rings. The van der Waals surface area contributed by atoms with Gasteiger partial charge < -0.3 is 9.73 Å². The molecular formula is C16H9BrN2O2. The Morgan fingerprint density at radius 3 is 2.62 bits per heavy atom. The van der Waals surface area contributed by atoms with E-state index in [0.717, 1.165) is 9.86 Å². The average molecular weight is 341 g/mol. The van der Waals surface area contributed by atoms with Crippen LogP contribution in [-0.2, 0) is 0 Å². The molecule has 2 aromatic carbocycles. The third kappa shape index (κ3) is 2.67. The first-order chi connectivity index (χ1) is 10.2. The van der Waals surface area contributed by atoms with E-state index in [0.29, 0.717) is 16.8 Å². The van der Waals surface area contributed by atoms with Gasteiger partial charge in [-0.2, -0.15) is 5.26 Å². The summed E-state index contributed by atoms with van der Waals surface area (Å²) in [5.74, 6) is -0.0935. The van der Waals surface area contributed by atoms with Gasteiger partial charge in [-0.3, -0.25) is 4.79 Å². The van der Waals surface area contributed by atoms with Gasteiger partial charge in [0.25, 0.3) is 5.91 Å². The minimum atomic E-state index is -0.331. The SMILES string of the molecule is N#Cc1ccc(NC(=O)c2cc3cccc(Br)c3o2)cc1. The molecule has 4 nitrogen and oxygen atoms in total. The third-order valence-electron chi connectivity index (χ3n) is 2.99. The smallest absolute Gasteiger partial charge is 0.291 e. The first-order valence-corrected chi connectivity index (χ1v) is 6.96. The van der Waals surface area contributed by atoms with Crippen molar-refractivity contribution >= 4 is 38.5 Å². The van der Waals surface area contributed by atoms with Crippen molar-refractivity contribution in [1.29, 1.82) is 5.26 Å². The highest BCUT2D eigenvalue weighted by atomic mass is 79.9. The van der Waals surface area contributed by atoms with Gasteiger partial charge in [-0.15, -0.1) is 0 Å². The quantitative estimate of drug-likeness (QED) is 0.755. The zero-order valence-electron chi connectivity index (χ0n) is 10.8. The number of nitrogens with one attached hydrogen (secondary N) is 1. The predicted molar refractivity (Wildman–Crippen MR) is 83.0 cm³/mol. The summed E-state index contributed by atoms with van der Waals surface area (Å²) < 4.78 is 6.37. The predicted octanol–water partition coefficient (Wildman–Crippen LogP) is 4.32. The number of carbonyl (C=O) groups excluding carboxylic acids is 1. The third-order valence-corrected chi connectivity index (χ3v) is 3.62. The van der Waals surface area contributed by atoms with E-state index in [-0.39, 0.29) is 11.7 Å². The number of hydrogen-bond acceptors (Lipinski definition) is 3. The molecule has 0 spiro atoms. The van der Waals surface area contributed by atoms with E-state index in [4.69, 9.17) is 9.68 Å². The zero-order valence-corrected chi connectivity index (χ0v) is 12.3. The van der Waals surface area contributed by atoms with Gasteiger partial charge in [-0.1, -0.05) is 12.1 Å². The van der Waals surface area contributed by atoms with Crippen molar-refractivity contribution < 1.29 is 9.21 Å². The number of para-hydroxylation sites is 1. The van der Waals surface area contributed by atoms with Crippen LogP contribution >= 0.6 is 15.9 Å². The van der Waals surface area contributed by atoms with E-state index < -0.39 is 0 Å². The van der Waals surface area contributed by atoms with Crippen molar-refractivity contribution in [2.75, 3.05) is 5.32 Å². The number of carbonyl (C=O) groups is 1. The second-order valence-electron chi connectivity index (χ2n) is 4.41. The fourth-order valence-corrected chi connectivity index (χ4v) is 2.42. The molecule has 1 amide bonds. The van der Waals surface area contributed by atoms with Crippen LogP contribution in [0.5, 0.6) is 0 Å².